The Hall–Kier alpha value is -3.15. The summed E-state index contributed by atoms with van der Waals surface area (Å²) in [5.41, 5.74) is 0. The predicted octanol–water partition coefficient (Wildman–Crippen LogP) is 23.3. The Bertz CT molecular complexity index is 1440. The van der Waals surface area contributed by atoms with Crippen LogP contribution < -0.4 is 0 Å². The average molecular weight is 1090 g/mol. The highest BCUT2D eigenvalue weighted by atomic mass is 16.6. The zero-order chi connectivity index (χ0) is 56.4. The Morgan fingerprint density at radius 3 is 0.833 bits per heavy atom. The molecule has 0 aromatic heterocycles. The minimum Gasteiger partial charge on any atom is -0.462 e. The van der Waals surface area contributed by atoms with Crippen LogP contribution in [0.2, 0.25) is 0 Å². The molecule has 0 radical (unpaired) electrons. The molecule has 1 unspecified atom stereocenters. The van der Waals surface area contributed by atoms with Crippen LogP contribution >= 0.6 is 0 Å². The standard InChI is InChI=1S/C72H128O6/c1-4-7-10-13-16-19-22-24-26-28-29-30-31-32-33-34-35-36-37-38-39-40-41-42-43-44-46-47-50-53-56-59-62-65-71(74)77-68-69(67-76-70(73)64-61-58-55-52-49-21-18-15-12-9-6-3)78-72(75)66-63-60-57-54-51-48-45-27-25-23-20-17-14-11-8-5-2/h7,10,15-16,18-19,24,26-27,29-30,45,69H,4-6,8-9,11-14,17,20-23,25,28,31-44,46-68H2,1-3H3/b10-7-,18-15-,19-16-,26-24-,30-29-,45-27-. The quantitative estimate of drug-likeness (QED) is 0.0261. The lowest BCUT2D eigenvalue weighted by atomic mass is 10.0. The largest absolute Gasteiger partial charge is 0.462 e. The fourth-order valence-electron chi connectivity index (χ4n) is 9.82. The zero-order valence-electron chi connectivity index (χ0n) is 51.9. The molecule has 6 heteroatoms. The smallest absolute Gasteiger partial charge is 0.306 e. The second-order valence-corrected chi connectivity index (χ2v) is 22.7. The van der Waals surface area contributed by atoms with Crippen molar-refractivity contribution in [2.45, 2.75) is 354 Å². The topological polar surface area (TPSA) is 78.9 Å². The molecule has 1 atom stereocenters. The molecular weight excluding hydrogens is 961 g/mol. The predicted molar refractivity (Wildman–Crippen MR) is 339 cm³/mol. The fraction of sp³-hybridized carbons (Fsp3) is 0.792. The maximum Gasteiger partial charge on any atom is 0.306 e. The molecule has 78 heavy (non-hydrogen) atoms. The summed E-state index contributed by atoms with van der Waals surface area (Å²) in [5, 5.41) is 0. The van der Waals surface area contributed by atoms with Crippen molar-refractivity contribution < 1.29 is 28.6 Å². The maximum absolute atomic E-state index is 12.9. The number of hydrogen-bond acceptors (Lipinski definition) is 6. The minimum absolute atomic E-state index is 0.0769. The molecule has 0 aromatic rings. The Labute approximate surface area is 484 Å². The van der Waals surface area contributed by atoms with Crippen molar-refractivity contribution in [3.8, 4) is 0 Å². The monoisotopic (exact) mass is 1090 g/mol. The third-order valence-electron chi connectivity index (χ3n) is 14.9. The highest BCUT2D eigenvalue weighted by Gasteiger charge is 2.19. The summed E-state index contributed by atoms with van der Waals surface area (Å²) in [4.78, 5) is 38.2. The molecule has 0 heterocycles. The number of unbranched alkanes of at least 4 members (excludes halogenated alkanes) is 39. The van der Waals surface area contributed by atoms with Gasteiger partial charge in [0.05, 0.1) is 0 Å². The lowest BCUT2D eigenvalue weighted by molar-refractivity contribution is -0.167. The molecule has 0 amide bonds. The second-order valence-electron chi connectivity index (χ2n) is 22.7. The van der Waals surface area contributed by atoms with Gasteiger partial charge in [0.15, 0.2) is 6.10 Å². The van der Waals surface area contributed by atoms with E-state index in [4.69, 9.17) is 14.2 Å². The molecule has 0 aliphatic rings. The summed E-state index contributed by atoms with van der Waals surface area (Å²) in [7, 11) is 0. The van der Waals surface area contributed by atoms with E-state index in [0.717, 1.165) is 96.3 Å². The van der Waals surface area contributed by atoms with Crippen molar-refractivity contribution in [1.82, 2.24) is 0 Å². The van der Waals surface area contributed by atoms with Crippen molar-refractivity contribution in [3.63, 3.8) is 0 Å². The van der Waals surface area contributed by atoms with E-state index in [1.165, 1.54) is 212 Å². The van der Waals surface area contributed by atoms with Crippen molar-refractivity contribution in [3.05, 3.63) is 72.9 Å². The van der Waals surface area contributed by atoms with Gasteiger partial charge in [-0.1, -0.05) is 299 Å². The molecule has 6 nitrogen and oxygen atoms in total. The number of allylic oxidation sites excluding steroid dienone is 12. The summed E-state index contributed by atoms with van der Waals surface area (Å²) in [6, 6.07) is 0. The molecule has 0 aliphatic carbocycles. The van der Waals surface area contributed by atoms with Gasteiger partial charge in [0.25, 0.3) is 0 Å². The molecule has 0 aliphatic heterocycles. The number of carbonyl (C=O) groups excluding carboxylic acids is 3. The summed E-state index contributed by atoms with van der Waals surface area (Å²) < 4.78 is 16.9. The highest BCUT2D eigenvalue weighted by molar-refractivity contribution is 5.71. The minimum atomic E-state index is -0.780. The van der Waals surface area contributed by atoms with Crippen molar-refractivity contribution >= 4 is 17.9 Å². The molecule has 0 bridgehead atoms. The van der Waals surface area contributed by atoms with E-state index in [-0.39, 0.29) is 31.1 Å². The van der Waals surface area contributed by atoms with Gasteiger partial charge in [0, 0.05) is 19.3 Å². The molecule has 0 saturated heterocycles. The van der Waals surface area contributed by atoms with Gasteiger partial charge in [-0.25, -0.2) is 0 Å². The van der Waals surface area contributed by atoms with Crippen LogP contribution in [0.3, 0.4) is 0 Å². The fourth-order valence-corrected chi connectivity index (χ4v) is 9.82. The molecule has 0 rings (SSSR count). The van der Waals surface area contributed by atoms with E-state index in [2.05, 4.69) is 93.7 Å². The lowest BCUT2D eigenvalue weighted by Crippen LogP contribution is -2.30. The summed E-state index contributed by atoms with van der Waals surface area (Å²) in [5.74, 6) is -0.878. The molecule has 0 aromatic carbocycles. The van der Waals surface area contributed by atoms with Gasteiger partial charge in [-0.05, 0) is 103 Å². The SMILES string of the molecule is CC/C=C\C/C=C\C/C=C\C/C=C\CCCCCCCCCCCCCCCCCCCCCCC(=O)OCC(COC(=O)CCCCCCC/C=C\CCCC)OC(=O)CCCCCCC/C=C\CCCCCCCCC. The van der Waals surface area contributed by atoms with Gasteiger partial charge in [0.2, 0.25) is 0 Å². The molecule has 452 valence electrons. The highest BCUT2D eigenvalue weighted by Crippen LogP contribution is 2.17. The summed E-state index contributed by atoms with van der Waals surface area (Å²) in [6.45, 7) is 6.51. The van der Waals surface area contributed by atoms with Gasteiger partial charge in [-0.3, -0.25) is 14.4 Å². The summed E-state index contributed by atoms with van der Waals surface area (Å²) >= 11 is 0. The number of rotatable bonds is 62. The van der Waals surface area contributed by atoms with Crippen LogP contribution in [-0.2, 0) is 28.6 Å². The first-order valence-corrected chi connectivity index (χ1v) is 33.9. The number of ether oxygens (including phenoxy) is 3. The number of esters is 3. The first-order valence-electron chi connectivity index (χ1n) is 33.9. The van der Waals surface area contributed by atoms with E-state index in [1.807, 2.05) is 0 Å². The molecule has 0 fully saturated rings. The van der Waals surface area contributed by atoms with Crippen LogP contribution in [0.25, 0.3) is 0 Å². The lowest BCUT2D eigenvalue weighted by Gasteiger charge is -2.18. The van der Waals surface area contributed by atoms with E-state index in [0.29, 0.717) is 19.3 Å². The van der Waals surface area contributed by atoms with Crippen molar-refractivity contribution in [2.24, 2.45) is 0 Å². The second kappa shape index (κ2) is 66.4. The van der Waals surface area contributed by atoms with E-state index in [1.54, 1.807) is 0 Å². The van der Waals surface area contributed by atoms with Crippen LogP contribution in [0.1, 0.15) is 348 Å². The van der Waals surface area contributed by atoms with E-state index < -0.39 is 6.10 Å². The normalized spacial score (nSPS) is 12.5. The third-order valence-corrected chi connectivity index (χ3v) is 14.9. The van der Waals surface area contributed by atoms with Crippen LogP contribution in [0, 0.1) is 0 Å². The van der Waals surface area contributed by atoms with Gasteiger partial charge in [-0.15, -0.1) is 0 Å². The van der Waals surface area contributed by atoms with Gasteiger partial charge < -0.3 is 14.2 Å². The maximum atomic E-state index is 12.9. The number of hydrogen-bond donors (Lipinski definition) is 0. The van der Waals surface area contributed by atoms with Crippen LogP contribution in [0.4, 0.5) is 0 Å². The van der Waals surface area contributed by atoms with Gasteiger partial charge >= 0.3 is 17.9 Å². The number of carbonyl (C=O) groups is 3. The molecular formula is C72H128O6. The van der Waals surface area contributed by atoms with E-state index in [9.17, 15) is 14.4 Å². The summed E-state index contributed by atoms with van der Waals surface area (Å²) in [6.07, 6.45) is 86.5. The Kier molecular flexibility index (Phi) is 63.7. The van der Waals surface area contributed by atoms with Crippen molar-refractivity contribution in [2.75, 3.05) is 13.2 Å². The van der Waals surface area contributed by atoms with E-state index >= 15 is 0 Å². The first kappa shape index (κ1) is 74.8. The average Bonchev–Trinajstić information content (AvgIpc) is 3.44. The van der Waals surface area contributed by atoms with Crippen molar-refractivity contribution in [1.29, 1.82) is 0 Å². The third kappa shape index (κ3) is 63.7. The van der Waals surface area contributed by atoms with Gasteiger partial charge in [-0.2, -0.15) is 0 Å². The zero-order valence-corrected chi connectivity index (χ0v) is 51.9. The first-order chi connectivity index (χ1) is 38.5. The Balaban J connectivity index is 4.09. The van der Waals surface area contributed by atoms with Gasteiger partial charge in [0.1, 0.15) is 13.2 Å². The Morgan fingerprint density at radius 2 is 0.513 bits per heavy atom. The van der Waals surface area contributed by atoms with Crippen LogP contribution in [0.5, 0.6) is 0 Å². The van der Waals surface area contributed by atoms with Crippen LogP contribution in [0.15, 0.2) is 72.9 Å². The Morgan fingerprint density at radius 1 is 0.269 bits per heavy atom. The van der Waals surface area contributed by atoms with Crippen LogP contribution in [-0.4, -0.2) is 37.2 Å². The molecule has 0 N–H and O–H groups in total. The molecule has 0 saturated carbocycles. The molecule has 0 spiro atoms.